The van der Waals surface area contributed by atoms with Crippen LogP contribution in [-0.2, 0) is 13.1 Å². The maximum atomic E-state index is 6.26. The molecular formula is C37H37N3O2. The lowest BCUT2D eigenvalue weighted by atomic mass is 10.1. The summed E-state index contributed by atoms with van der Waals surface area (Å²) in [6.45, 7) is 5.53. The molecular weight excluding hydrogens is 518 g/mol. The molecule has 4 aromatic carbocycles. The fourth-order valence-corrected chi connectivity index (χ4v) is 6.36. The van der Waals surface area contributed by atoms with E-state index >= 15 is 0 Å². The van der Waals surface area contributed by atoms with Crippen LogP contribution >= 0.6 is 0 Å². The van der Waals surface area contributed by atoms with Gasteiger partial charge in [-0.25, -0.2) is 9.97 Å². The number of aryl methyl sites for hydroxylation is 2. The summed E-state index contributed by atoms with van der Waals surface area (Å²) < 4.78 is 12.5. The summed E-state index contributed by atoms with van der Waals surface area (Å²) in [5, 5.41) is 4.82. The van der Waals surface area contributed by atoms with E-state index in [9.17, 15) is 0 Å². The highest BCUT2D eigenvalue weighted by Gasteiger charge is 2.25. The first-order chi connectivity index (χ1) is 20.6. The Morgan fingerprint density at radius 2 is 1.05 bits per heavy atom. The number of fused-ring (bicyclic) bond motifs is 2. The predicted molar refractivity (Wildman–Crippen MR) is 169 cm³/mol. The summed E-state index contributed by atoms with van der Waals surface area (Å²) in [7, 11) is 0. The van der Waals surface area contributed by atoms with Gasteiger partial charge in [-0.15, -0.1) is 0 Å². The van der Waals surface area contributed by atoms with Gasteiger partial charge < -0.3 is 8.83 Å². The van der Waals surface area contributed by atoms with Crippen molar-refractivity contribution in [2.24, 2.45) is 0 Å². The van der Waals surface area contributed by atoms with Crippen LogP contribution in [0.1, 0.15) is 61.4 Å². The van der Waals surface area contributed by atoms with Crippen LogP contribution in [0.25, 0.3) is 44.5 Å². The first kappa shape index (κ1) is 26.7. The Kier molecular flexibility index (Phi) is 7.35. The van der Waals surface area contributed by atoms with Crippen molar-refractivity contribution >= 4 is 21.5 Å². The van der Waals surface area contributed by atoms with Gasteiger partial charge in [-0.3, -0.25) is 4.90 Å². The van der Waals surface area contributed by atoms with Crippen LogP contribution in [0.5, 0.6) is 0 Å². The normalized spacial score (nSPS) is 14.6. The second-order valence-corrected chi connectivity index (χ2v) is 11.7. The molecule has 7 rings (SSSR count). The first-order valence-electron chi connectivity index (χ1n) is 15.3. The molecule has 1 aliphatic carbocycles. The minimum Gasteiger partial charge on any atom is -0.441 e. The minimum absolute atomic E-state index is 0.480. The molecule has 0 amide bonds. The van der Waals surface area contributed by atoms with E-state index in [1.165, 1.54) is 60.1 Å². The van der Waals surface area contributed by atoms with Crippen LogP contribution in [0.15, 0.2) is 93.8 Å². The maximum absolute atomic E-state index is 6.26. The summed E-state index contributed by atoms with van der Waals surface area (Å²) in [6.07, 6.45) is 7.55. The minimum atomic E-state index is 0.480. The zero-order valence-corrected chi connectivity index (χ0v) is 24.5. The third kappa shape index (κ3) is 5.49. The fraction of sp³-hybridized carbons (Fsp3) is 0.297. The number of benzene rings is 4. The van der Waals surface area contributed by atoms with Gasteiger partial charge >= 0.3 is 0 Å². The van der Waals surface area contributed by atoms with E-state index in [0.29, 0.717) is 17.8 Å². The Hall–Kier alpha value is -4.22. The van der Waals surface area contributed by atoms with Gasteiger partial charge in [0.05, 0.1) is 11.4 Å². The van der Waals surface area contributed by atoms with Crippen molar-refractivity contribution in [3.8, 4) is 22.9 Å². The van der Waals surface area contributed by atoms with Crippen LogP contribution < -0.4 is 0 Å². The van der Waals surface area contributed by atoms with E-state index in [-0.39, 0.29) is 0 Å². The van der Waals surface area contributed by atoms with E-state index in [1.807, 2.05) is 13.8 Å². The Labute approximate surface area is 247 Å². The van der Waals surface area contributed by atoms with Gasteiger partial charge in [-0.05, 0) is 72.5 Å². The molecule has 5 heteroatoms. The lowest BCUT2D eigenvalue weighted by Crippen LogP contribution is -2.34. The highest BCUT2D eigenvalue weighted by Crippen LogP contribution is 2.31. The van der Waals surface area contributed by atoms with Crippen molar-refractivity contribution in [2.75, 3.05) is 0 Å². The second-order valence-electron chi connectivity index (χ2n) is 11.7. The quantitative estimate of drug-likeness (QED) is 0.184. The molecule has 2 aromatic heterocycles. The number of rotatable bonds is 7. The molecule has 0 spiro atoms. The Morgan fingerprint density at radius 3 is 1.52 bits per heavy atom. The largest absolute Gasteiger partial charge is 0.441 e. The van der Waals surface area contributed by atoms with Gasteiger partial charge in [-0.1, -0.05) is 86.3 Å². The Bertz CT molecular complexity index is 1720. The molecule has 1 saturated carbocycles. The van der Waals surface area contributed by atoms with E-state index in [4.69, 9.17) is 18.8 Å². The number of hydrogen-bond donors (Lipinski definition) is 0. The van der Waals surface area contributed by atoms with Gasteiger partial charge in [0.2, 0.25) is 11.8 Å². The zero-order valence-electron chi connectivity index (χ0n) is 24.5. The zero-order chi connectivity index (χ0) is 28.5. The van der Waals surface area contributed by atoms with Crippen LogP contribution in [-0.4, -0.2) is 20.9 Å². The van der Waals surface area contributed by atoms with Crippen molar-refractivity contribution in [3.63, 3.8) is 0 Å². The fourth-order valence-electron chi connectivity index (χ4n) is 6.36. The maximum Gasteiger partial charge on any atom is 0.226 e. The molecule has 0 unspecified atom stereocenters. The van der Waals surface area contributed by atoms with Crippen molar-refractivity contribution in [1.82, 2.24) is 14.9 Å². The number of oxazole rings is 2. The van der Waals surface area contributed by atoms with Crippen molar-refractivity contribution in [2.45, 2.75) is 71.5 Å². The van der Waals surface area contributed by atoms with Gasteiger partial charge in [0.25, 0.3) is 0 Å². The monoisotopic (exact) mass is 555 g/mol. The molecule has 0 saturated heterocycles. The highest BCUT2D eigenvalue weighted by atomic mass is 16.4. The van der Waals surface area contributed by atoms with Crippen molar-refractivity contribution < 1.29 is 8.83 Å². The smallest absolute Gasteiger partial charge is 0.226 e. The van der Waals surface area contributed by atoms with Gasteiger partial charge in [0.1, 0.15) is 11.5 Å². The van der Waals surface area contributed by atoms with E-state index in [2.05, 4.69) is 89.8 Å². The predicted octanol–water partition coefficient (Wildman–Crippen LogP) is 9.64. The molecule has 6 aromatic rings. The molecule has 2 heterocycles. The SMILES string of the molecule is Cc1oc(-c2ccc3ccccc3c2)nc1CN(Cc1nc(-c2ccc3ccccc3c2)oc1C)C1CCCCCC1. The standard InChI is InChI=1S/C37H37N3O2/c1-25-34(38-36(41-25)31-19-17-27-11-7-9-13-29(27)21-31)23-40(33-15-5-3-4-6-16-33)24-35-26(2)42-37(39-35)32-20-18-28-12-8-10-14-30(28)22-32/h7-14,17-22,33H,3-6,15-16,23-24H2,1-2H3. The molecule has 1 aliphatic rings. The second kappa shape index (κ2) is 11.6. The summed E-state index contributed by atoms with van der Waals surface area (Å²) in [4.78, 5) is 12.6. The van der Waals surface area contributed by atoms with E-state index < -0.39 is 0 Å². The lowest BCUT2D eigenvalue weighted by Gasteiger charge is -2.30. The number of aromatic nitrogens is 2. The molecule has 0 aliphatic heterocycles. The third-order valence-corrected chi connectivity index (χ3v) is 8.82. The molecule has 212 valence electrons. The van der Waals surface area contributed by atoms with Crippen LogP contribution in [0, 0.1) is 13.8 Å². The summed E-state index contributed by atoms with van der Waals surface area (Å²) in [6, 6.07) is 30.1. The molecule has 0 radical (unpaired) electrons. The number of nitrogens with zero attached hydrogens (tertiary/aromatic N) is 3. The van der Waals surface area contributed by atoms with Gasteiger partial charge in [-0.2, -0.15) is 0 Å². The molecule has 0 bridgehead atoms. The first-order valence-corrected chi connectivity index (χ1v) is 15.3. The summed E-state index contributed by atoms with van der Waals surface area (Å²) in [5.74, 6) is 3.13. The van der Waals surface area contributed by atoms with Crippen molar-refractivity contribution in [1.29, 1.82) is 0 Å². The molecule has 0 atom stereocenters. The van der Waals surface area contributed by atoms with Crippen molar-refractivity contribution in [3.05, 3.63) is 108 Å². The third-order valence-electron chi connectivity index (χ3n) is 8.82. The average molecular weight is 556 g/mol. The molecule has 42 heavy (non-hydrogen) atoms. The lowest BCUT2D eigenvalue weighted by molar-refractivity contribution is 0.156. The Morgan fingerprint density at radius 1 is 0.595 bits per heavy atom. The average Bonchev–Trinajstić information content (AvgIpc) is 3.44. The van der Waals surface area contributed by atoms with Gasteiger partial charge in [0.15, 0.2) is 0 Å². The molecule has 0 N–H and O–H groups in total. The number of hydrogen-bond acceptors (Lipinski definition) is 5. The van der Waals surface area contributed by atoms with E-state index in [1.54, 1.807) is 0 Å². The molecule has 1 fully saturated rings. The summed E-state index contributed by atoms with van der Waals surface area (Å²) >= 11 is 0. The van der Waals surface area contributed by atoms with Gasteiger partial charge in [0, 0.05) is 30.3 Å². The van der Waals surface area contributed by atoms with Crippen LogP contribution in [0.4, 0.5) is 0 Å². The molecule has 5 nitrogen and oxygen atoms in total. The highest BCUT2D eigenvalue weighted by molar-refractivity contribution is 5.87. The van der Waals surface area contributed by atoms with Crippen LogP contribution in [0.3, 0.4) is 0 Å². The topological polar surface area (TPSA) is 55.3 Å². The van der Waals surface area contributed by atoms with Crippen LogP contribution in [0.2, 0.25) is 0 Å². The van der Waals surface area contributed by atoms with E-state index in [0.717, 1.165) is 47.1 Å². The summed E-state index contributed by atoms with van der Waals surface area (Å²) in [5.41, 5.74) is 4.02. The Balaban J connectivity index is 1.18.